The maximum absolute atomic E-state index is 13.1. The van der Waals surface area contributed by atoms with Gasteiger partial charge in [0.1, 0.15) is 0 Å². The highest BCUT2D eigenvalue weighted by molar-refractivity contribution is 6.07. The summed E-state index contributed by atoms with van der Waals surface area (Å²) in [5.74, 6) is -0.0973. The zero-order chi connectivity index (χ0) is 18.5. The van der Waals surface area contributed by atoms with E-state index >= 15 is 0 Å². The lowest BCUT2D eigenvalue weighted by atomic mass is 10.0. The van der Waals surface area contributed by atoms with Crippen molar-refractivity contribution in [2.75, 3.05) is 27.8 Å². The quantitative estimate of drug-likeness (QED) is 0.638. The molecule has 0 fully saturated rings. The Balaban J connectivity index is 2.05. The van der Waals surface area contributed by atoms with Gasteiger partial charge >= 0.3 is 0 Å². The highest BCUT2D eigenvalue weighted by Gasteiger charge is 2.20. The van der Waals surface area contributed by atoms with Crippen LogP contribution in [0.4, 0.5) is 0 Å². The lowest BCUT2D eigenvalue weighted by molar-refractivity contribution is -0.110. The molecule has 0 saturated carbocycles. The number of aromatic nitrogens is 1. The Hall–Kier alpha value is -2.76. The van der Waals surface area contributed by atoms with Crippen LogP contribution in [-0.2, 0) is 9.47 Å². The smallest absolute Gasteiger partial charge is 0.254 e. The number of pyridine rings is 1. The van der Waals surface area contributed by atoms with E-state index in [4.69, 9.17) is 14.5 Å². The van der Waals surface area contributed by atoms with Crippen molar-refractivity contribution in [3.8, 4) is 11.3 Å². The Morgan fingerprint density at radius 1 is 1.04 bits per heavy atom. The SMILES string of the molecule is COC(CN(C)C(=O)c1cc(-c2ccccc2)nc2ccccc12)OC. The third-order valence-electron chi connectivity index (χ3n) is 4.31. The van der Waals surface area contributed by atoms with Crippen LogP contribution >= 0.6 is 0 Å². The zero-order valence-corrected chi connectivity index (χ0v) is 15.2. The first-order valence-electron chi connectivity index (χ1n) is 8.40. The van der Waals surface area contributed by atoms with E-state index in [9.17, 15) is 4.79 Å². The molecule has 2 aromatic carbocycles. The van der Waals surface area contributed by atoms with Crippen LogP contribution in [0.2, 0.25) is 0 Å². The van der Waals surface area contributed by atoms with Crippen LogP contribution in [0, 0.1) is 0 Å². The molecular formula is C21H22N2O3. The fraction of sp³-hybridized carbons (Fsp3) is 0.238. The number of hydrogen-bond donors (Lipinski definition) is 0. The minimum Gasteiger partial charge on any atom is -0.354 e. The summed E-state index contributed by atoms with van der Waals surface area (Å²) >= 11 is 0. The summed E-state index contributed by atoms with van der Waals surface area (Å²) < 4.78 is 10.4. The molecule has 3 aromatic rings. The number of methoxy groups -OCH3 is 2. The topological polar surface area (TPSA) is 51.7 Å². The van der Waals surface area contributed by atoms with Crippen LogP contribution in [0.5, 0.6) is 0 Å². The number of ether oxygens (including phenoxy) is 2. The number of benzene rings is 2. The Kier molecular flexibility index (Phi) is 5.61. The summed E-state index contributed by atoms with van der Waals surface area (Å²) in [5, 5.41) is 0.829. The van der Waals surface area contributed by atoms with Crippen molar-refractivity contribution in [1.82, 2.24) is 9.88 Å². The highest BCUT2D eigenvalue weighted by atomic mass is 16.7. The first kappa shape index (κ1) is 18.0. The van der Waals surface area contributed by atoms with Gasteiger partial charge in [0, 0.05) is 32.2 Å². The second-order valence-electron chi connectivity index (χ2n) is 6.02. The maximum Gasteiger partial charge on any atom is 0.254 e. The van der Waals surface area contributed by atoms with E-state index in [1.54, 1.807) is 26.2 Å². The van der Waals surface area contributed by atoms with Crippen molar-refractivity contribution in [3.05, 3.63) is 66.2 Å². The number of fused-ring (bicyclic) bond motifs is 1. The van der Waals surface area contributed by atoms with Gasteiger partial charge in [-0.25, -0.2) is 4.98 Å². The Morgan fingerprint density at radius 2 is 1.69 bits per heavy atom. The van der Waals surface area contributed by atoms with E-state index in [-0.39, 0.29) is 5.91 Å². The van der Waals surface area contributed by atoms with E-state index in [1.807, 2.05) is 60.7 Å². The third-order valence-corrected chi connectivity index (χ3v) is 4.31. The number of para-hydroxylation sites is 1. The van der Waals surface area contributed by atoms with Crippen LogP contribution < -0.4 is 0 Å². The average Bonchev–Trinajstić information content (AvgIpc) is 2.71. The van der Waals surface area contributed by atoms with E-state index < -0.39 is 6.29 Å². The average molecular weight is 350 g/mol. The van der Waals surface area contributed by atoms with Crippen molar-refractivity contribution >= 4 is 16.8 Å². The van der Waals surface area contributed by atoms with Gasteiger partial charge in [-0.05, 0) is 12.1 Å². The molecule has 0 aliphatic carbocycles. The van der Waals surface area contributed by atoms with E-state index in [0.29, 0.717) is 12.1 Å². The first-order valence-corrected chi connectivity index (χ1v) is 8.40. The van der Waals surface area contributed by atoms with Gasteiger partial charge in [0.25, 0.3) is 5.91 Å². The molecule has 0 unspecified atom stereocenters. The second-order valence-corrected chi connectivity index (χ2v) is 6.02. The lowest BCUT2D eigenvalue weighted by Gasteiger charge is -2.23. The molecule has 0 saturated heterocycles. The number of nitrogens with zero attached hydrogens (tertiary/aromatic N) is 2. The van der Waals surface area contributed by atoms with E-state index in [2.05, 4.69) is 0 Å². The van der Waals surface area contributed by atoms with Crippen molar-refractivity contribution in [2.24, 2.45) is 0 Å². The maximum atomic E-state index is 13.1. The summed E-state index contributed by atoms with van der Waals surface area (Å²) in [6, 6.07) is 19.4. The molecular weight excluding hydrogens is 328 g/mol. The fourth-order valence-electron chi connectivity index (χ4n) is 2.87. The van der Waals surface area contributed by atoms with Crippen molar-refractivity contribution in [3.63, 3.8) is 0 Å². The highest BCUT2D eigenvalue weighted by Crippen LogP contribution is 2.25. The van der Waals surface area contributed by atoms with Gasteiger partial charge in [-0.15, -0.1) is 0 Å². The molecule has 0 aliphatic rings. The molecule has 1 amide bonds. The Labute approximate surface area is 153 Å². The van der Waals surface area contributed by atoms with Gasteiger partial charge in [-0.3, -0.25) is 4.79 Å². The van der Waals surface area contributed by atoms with Crippen LogP contribution in [0.1, 0.15) is 10.4 Å². The monoisotopic (exact) mass is 350 g/mol. The van der Waals surface area contributed by atoms with Gasteiger partial charge in [0.15, 0.2) is 6.29 Å². The van der Waals surface area contributed by atoms with Gasteiger partial charge < -0.3 is 14.4 Å². The molecule has 1 aromatic heterocycles. The number of amides is 1. The van der Waals surface area contributed by atoms with Crippen LogP contribution in [0.15, 0.2) is 60.7 Å². The number of carbonyl (C=O) groups is 1. The molecule has 5 nitrogen and oxygen atoms in total. The van der Waals surface area contributed by atoms with Crippen molar-refractivity contribution in [1.29, 1.82) is 0 Å². The van der Waals surface area contributed by atoms with Crippen LogP contribution in [0.25, 0.3) is 22.2 Å². The minimum absolute atomic E-state index is 0.0973. The molecule has 0 bridgehead atoms. The second kappa shape index (κ2) is 8.08. The lowest BCUT2D eigenvalue weighted by Crippen LogP contribution is -2.36. The minimum atomic E-state index is -0.467. The van der Waals surface area contributed by atoms with E-state index in [0.717, 1.165) is 22.2 Å². The largest absolute Gasteiger partial charge is 0.354 e. The summed E-state index contributed by atoms with van der Waals surface area (Å²) in [7, 11) is 4.86. The Bertz CT molecular complexity index is 892. The Morgan fingerprint density at radius 3 is 2.38 bits per heavy atom. The molecule has 26 heavy (non-hydrogen) atoms. The van der Waals surface area contributed by atoms with Gasteiger partial charge in [0.2, 0.25) is 0 Å². The standard InChI is InChI=1S/C21H22N2O3/c1-23(14-20(25-2)26-3)21(24)17-13-19(15-9-5-4-6-10-15)22-18-12-8-7-11-16(17)18/h4-13,20H,14H2,1-3H3. The molecule has 0 N–H and O–H groups in total. The van der Waals surface area contributed by atoms with Crippen molar-refractivity contribution < 1.29 is 14.3 Å². The van der Waals surface area contributed by atoms with Crippen molar-refractivity contribution in [2.45, 2.75) is 6.29 Å². The molecule has 0 atom stereocenters. The molecule has 3 rings (SSSR count). The number of hydrogen-bond acceptors (Lipinski definition) is 4. The third kappa shape index (κ3) is 3.74. The summed E-state index contributed by atoms with van der Waals surface area (Å²) in [4.78, 5) is 19.4. The number of likely N-dealkylation sites (N-methyl/N-ethyl adjacent to an activating group) is 1. The summed E-state index contributed by atoms with van der Waals surface area (Å²) in [6.45, 7) is 0.336. The predicted octanol–water partition coefficient (Wildman–Crippen LogP) is 3.59. The molecule has 5 heteroatoms. The van der Waals surface area contributed by atoms with Crippen LogP contribution in [-0.4, -0.2) is 49.9 Å². The zero-order valence-electron chi connectivity index (χ0n) is 15.2. The molecule has 134 valence electrons. The number of carbonyl (C=O) groups excluding carboxylic acids is 1. The van der Waals surface area contributed by atoms with Gasteiger partial charge in [0.05, 0.1) is 23.3 Å². The molecule has 0 aliphatic heterocycles. The summed E-state index contributed by atoms with van der Waals surface area (Å²) in [5.41, 5.74) is 3.15. The first-order chi connectivity index (χ1) is 12.6. The van der Waals surface area contributed by atoms with E-state index in [1.165, 1.54) is 0 Å². The molecule has 1 heterocycles. The number of rotatable bonds is 6. The molecule has 0 spiro atoms. The van der Waals surface area contributed by atoms with Crippen LogP contribution in [0.3, 0.4) is 0 Å². The fourth-order valence-corrected chi connectivity index (χ4v) is 2.87. The van der Waals surface area contributed by atoms with Gasteiger partial charge in [-0.2, -0.15) is 0 Å². The molecule has 0 radical (unpaired) electrons. The summed E-state index contributed by atoms with van der Waals surface area (Å²) in [6.07, 6.45) is -0.467. The van der Waals surface area contributed by atoms with Gasteiger partial charge in [-0.1, -0.05) is 48.5 Å². The normalized spacial score (nSPS) is 11.1. The predicted molar refractivity (Wildman–Crippen MR) is 102 cm³/mol.